The van der Waals surface area contributed by atoms with Gasteiger partial charge in [0.15, 0.2) is 5.03 Å². The van der Waals surface area contributed by atoms with Gasteiger partial charge in [0.25, 0.3) is 10.0 Å². The first-order valence-electron chi connectivity index (χ1n) is 5.97. The fourth-order valence-electron chi connectivity index (χ4n) is 2.04. The van der Waals surface area contributed by atoms with E-state index in [1.807, 2.05) is 30.4 Å². The average molecular weight is 267 g/mol. The van der Waals surface area contributed by atoms with Gasteiger partial charge in [0.1, 0.15) is 5.82 Å². The van der Waals surface area contributed by atoms with Crippen LogP contribution < -0.4 is 4.72 Å². The van der Waals surface area contributed by atoms with Gasteiger partial charge in [-0.3, -0.25) is 4.40 Å². The van der Waals surface area contributed by atoms with Gasteiger partial charge in [0.2, 0.25) is 0 Å². The summed E-state index contributed by atoms with van der Waals surface area (Å²) in [4.78, 5) is 4.27. The van der Waals surface area contributed by atoms with Crippen LogP contribution in [-0.2, 0) is 16.4 Å². The molecular formula is C12H17N3O2S. The van der Waals surface area contributed by atoms with E-state index in [2.05, 4.69) is 9.71 Å². The van der Waals surface area contributed by atoms with Crippen molar-refractivity contribution in [3.8, 4) is 0 Å². The number of imidazole rings is 1. The van der Waals surface area contributed by atoms with Crippen LogP contribution in [0.15, 0.2) is 23.2 Å². The third kappa shape index (κ3) is 2.02. The van der Waals surface area contributed by atoms with Crippen molar-refractivity contribution in [2.24, 2.45) is 0 Å². The van der Waals surface area contributed by atoms with Crippen molar-refractivity contribution in [2.75, 3.05) is 6.54 Å². The van der Waals surface area contributed by atoms with E-state index in [9.17, 15) is 8.42 Å². The molecule has 0 saturated carbocycles. The molecule has 0 aliphatic rings. The summed E-state index contributed by atoms with van der Waals surface area (Å²) >= 11 is 0. The van der Waals surface area contributed by atoms with E-state index < -0.39 is 10.0 Å². The SMILES string of the molecule is CCNS(=O)(=O)c1nc(CC)n2c(C)cccc12. The minimum atomic E-state index is -3.52. The summed E-state index contributed by atoms with van der Waals surface area (Å²) < 4.78 is 28.6. The van der Waals surface area contributed by atoms with Crippen molar-refractivity contribution in [2.45, 2.75) is 32.2 Å². The Morgan fingerprint density at radius 1 is 1.33 bits per heavy atom. The van der Waals surface area contributed by atoms with Gasteiger partial charge >= 0.3 is 0 Å². The monoisotopic (exact) mass is 267 g/mol. The highest BCUT2D eigenvalue weighted by molar-refractivity contribution is 7.89. The van der Waals surface area contributed by atoms with Crippen LogP contribution in [-0.4, -0.2) is 24.3 Å². The first-order chi connectivity index (χ1) is 8.51. The number of rotatable bonds is 4. The normalized spacial score (nSPS) is 12.2. The zero-order valence-electron chi connectivity index (χ0n) is 10.8. The Labute approximate surface area is 107 Å². The van der Waals surface area contributed by atoms with Crippen LogP contribution in [0.1, 0.15) is 25.4 Å². The van der Waals surface area contributed by atoms with Crippen molar-refractivity contribution in [1.82, 2.24) is 14.1 Å². The van der Waals surface area contributed by atoms with Crippen LogP contribution in [0.3, 0.4) is 0 Å². The first-order valence-corrected chi connectivity index (χ1v) is 7.46. The van der Waals surface area contributed by atoms with Gasteiger partial charge in [-0.15, -0.1) is 0 Å². The molecule has 0 fully saturated rings. The molecule has 0 amide bonds. The molecule has 98 valence electrons. The number of hydrogen-bond acceptors (Lipinski definition) is 3. The molecule has 1 N–H and O–H groups in total. The highest BCUT2D eigenvalue weighted by Gasteiger charge is 2.22. The third-order valence-electron chi connectivity index (χ3n) is 2.80. The minimum Gasteiger partial charge on any atom is -0.300 e. The number of hydrogen-bond donors (Lipinski definition) is 1. The van der Waals surface area contributed by atoms with Crippen molar-refractivity contribution in [3.63, 3.8) is 0 Å². The quantitative estimate of drug-likeness (QED) is 0.913. The van der Waals surface area contributed by atoms with Crippen molar-refractivity contribution in [3.05, 3.63) is 29.7 Å². The van der Waals surface area contributed by atoms with Gasteiger partial charge in [0, 0.05) is 18.7 Å². The molecule has 2 aromatic rings. The molecule has 6 heteroatoms. The van der Waals surface area contributed by atoms with Crippen molar-refractivity contribution >= 4 is 15.5 Å². The van der Waals surface area contributed by atoms with Crippen LogP contribution in [0.5, 0.6) is 0 Å². The molecule has 2 heterocycles. The predicted octanol–water partition coefficient (Wildman–Crippen LogP) is 1.50. The molecule has 0 saturated heterocycles. The summed E-state index contributed by atoms with van der Waals surface area (Å²) in [7, 11) is -3.52. The lowest BCUT2D eigenvalue weighted by atomic mass is 10.3. The molecule has 2 rings (SSSR count). The molecule has 0 aliphatic heterocycles. The second kappa shape index (κ2) is 4.70. The molecule has 0 aromatic carbocycles. The maximum Gasteiger partial charge on any atom is 0.260 e. The van der Waals surface area contributed by atoms with Crippen LogP contribution in [0.2, 0.25) is 0 Å². The Balaban J connectivity index is 2.78. The number of nitrogens with one attached hydrogen (secondary N) is 1. The molecule has 18 heavy (non-hydrogen) atoms. The largest absolute Gasteiger partial charge is 0.300 e. The molecule has 0 bridgehead atoms. The summed E-state index contributed by atoms with van der Waals surface area (Å²) in [6.45, 7) is 6.01. The zero-order valence-corrected chi connectivity index (χ0v) is 11.6. The fraction of sp³-hybridized carbons (Fsp3) is 0.417. The highest BCUT2D eigenvalue weighted by atomic mass is 32.2. The molecule has 5 nitrogen and oxygen atoms in total. The summed E-state index contributed by atoms with van der Waals surface area (Å²) in [6, 6.07) is 5.57. The third-order valence-corrected chi connectivity index (χ3v) is 4.28. The van der Waals surface area contributed by atoms with Gasteiger partial charge in [0.05, 0.1) is 5.52 Å². The first kappa shape index (κ1) is 13.0. The number of aryl methyl sites for hydroxylation is 2. The lowest BCUT2D eigenvalue weighted by Crippen LogP contribution is -2.23. The molecule has 0 radical (unpaired) electrons. The van der Waals surface area contributed by atoms with Gasteiger partial charge in [-0.25, -0.2) is 18.1 Å². The minimum absolute atomic E-state index is 0.116. The maximum atomic E-state index is 12.1. The Morgan fingerprint density at radius 2 is 2.06 bits per heavy atom. The highest BCUT2D eigenvalue weighted by Crippen LogP contribution is 2.20. The second-order valence-corrected chi connectivity index (χ2v) is 5.76. The summed E-state index contributed by atoms with van der Waals surface area (Å²) in [5.74, 6) is 0.763. The Morgan fingerprint density at radius 3 is 2.67 bits per heavy atom. The second-order valence-electron chi connectivity index (χ2n) is 4.08. The zero-order chi connectivity index (χ0) is 13.3. The number of nitrogens with zero attached hydrogens (tertiary/aromatic N) is 2. The van der Waals surface area contributed by atoms with E-state index in [0.29, 0.717) is 18.5 Å². The molecule has 0 aliphatic carbocycles. The van der Waals surface area contributed by atoms with E-state index in [4.69, 9.17) is 0 Å². The van der Waals surface area contributed by atoms with Gasteiger partial charge in [-0.2, -0.15) is 0 Å². The van der Waals surface area contributed by atoms with E-state index >= 15 is 0 Å². The standard InChI is InChI=1S/C12H17N3O2S/c1-4-11-14-12(18(16,17)13-5-2)10-8-6-7-9(3)15(10)11/h6-8,13H,4-5H2,1-3H3. The molecule has 0 spiro atoms. The topological polar surface area (TPSA) is 63.5 Å². The van der Waals surface area contributed by atoms with Crippen molar-refractivity contribution in [1.29, 1.82) is 0 Å². The van der Waals surface area contributed by atoms with Gasteiger partial charge in [-0.1, -0.05) is 19.9 Å². The van der Waals surface area contributed by atoms with Crippen LogP contribution in [0.25, 0.3) is 5.52 Å². The molecular weight excluding hydrogens is 250 g/mol. The van der Waals surface area contributed by atoms with Crippen molar-refractivity contribution < 1.29 is 8.42 Å². The number of pyridine rings is 1. The Bertz CT molecular complexity index is 674. The smallest absolute Gasteiger partial charge is 0.260 e. The molecule has 0 unspecified atom stereocenters. The lowest BCUT2D eigenvalue weighted by molar-refractivity contribution is 0.581. The summed E-state index contributed by atoms with van der Waals surface area (Å²) in [5, 5.41) is 0.116. The average Bonchev–Trinajstić information content (AvgIpc) is 2.70. The predicted molar refractivity (Wildman–Crippen MR) is 70.2 cm³/mol. The van der Waals surface area contributed by atoms with E-state index in [0.717, 1.165) is 11.5 Å². The molecule has 2 aromatic heterocycles. The van der Waals surface area contributed by atoms with E-state index in [1.54, 1.807) is 13.0 Å². The lowest BCUT2D eigenvalue weighted by Gasteiger charge is -2.03. The number of fused-ring (bicyclic) bond motifs is 1. The maximum absolute atomic E-state index is 12.1. The van der Waals surface area contributed by atoms with Crippen LogP contribution >= 0.6 is 0 Å². The molecule has 0 atom stereocenters. The van der Waals surface area contributed by atoms with Crippen LogP contribution in [0, 0.1) is 6.92 Å². The van der Waals surface area contributed by atoms with Crippen LogP contribution in [0.4, 0.5) is 0 Å². The number of aromatic nitrogens is 2. The van der Waals surface area contributed by atoms with E-state index in [-0.39, 0.29) is 5.03 Å². The fourth-order valence-corrected chi connectivity index (χ4v) is 3.22. The van der Waals surface area contributed by atoms with E-state index in [1.165, 1.54) is 0 Å². The Kier molecular flexibility index (Phi) is 3.41. The number of sulfonamides is 1. The summed E-state index contributed by atoms with van der Waals surface area (Å²) in [5.41, 5.74) is 1.61. The van der Waals surface area contributed by atoms with Gasteiger partial charge < -0.3 is 0 Å². The summed E-state index contributed by atoms with van der Waals surface area (Å²) in [6.07, 6.45) is 0.688. The Hall–Kier alpha value is -1.40. The van der Waals surface area contributed by atoms with Gasteiger partial charge in [-0.05, 0) is 19.1 Å².